The highest BCUT2D eigenvalue weighted by molar-refractivity contribution is 5.83. The third kappa shape index (κ3) is 3.66. The van der Waals surface area contributed by atoms with E-state index in [2.05, 4.69) is 19.2 Å². The zero-order valence-electron chi connectivity index (χ0n) is 10.8. The largest absolute Gasteiger partial charge is 0.395 e. The second kappa shape index (κ2) is 6.33. The fourth-order valence-corrected chi connectivity index (χ4v) is 2.39. The first-order valence-corrected chi connectivity index (χ1v) is 6.27. The fraction of sp³-hybridized carbons (Fsp3) is 0.917. The van der Waals surface area contributed by atoms with Crippen molar-refractivity contribution >= 4 is 5.91 Å². The van der Waals surface area contributed by atoms with Gasteiger partial charge >= 0.3 is 0 Å². The molecule has 1 amide bonds. The van der Waals surface area contributed by atoms with Gasteiger partial charge < -0.3 is 20.4 Å². The van der Waals surface area contributed by atoms with E-state index in [1.807, 2.05) is 0 Å². The molecule has 1 heterocycles. The van der Waals surface area contributed by atoms with Crippen LogP contribution in [0.5, 0.6) is 0 Å². The van der Waals surface area contributed by atoms with E-state index in [1.165, 1.54) is 4.90 Å². The fourth-order valence-electron chi connectivity index (χ4n) is 2.39. The van der Waals surface area contributed by atoms with E-state index in [0.717, 1.165) is 19.4 Å². The van der Waals surface area contributed by atoms with E-state index in [1.54, 1.807) is 0 Å². The van der Waals surface area contributed by atoms with Crippen molar-refractivity contribution in [3.8, 4) is 0 Å². The van der Waals surface area contributed by atoms with Gasteiger partial charge in [0.15, 0.2) is 0 Å². The third-order valence-electron chi connectivity index (χ3n) is 3.43. The predicted octanol–water partition coefficient (Wildman–Crippen LogP) is -0.422. The van der Waals surface area contributed by atoms with Crippen molar-refractivity contribution in [1.29, 1.82) is 0 Å². The quantitative estimate of drug-likeness (QED) is 0.614. The summed E-state index contributed by atoms with van der Waals surface area (Å²) in [5, 5.41) is 21.1. The van der Waals surface area contributed by atoms with Gasteiger partial charge in [0.05, 0.1) is 19.3 Å². The number of carbonyl (C=O) groups is 1. The Morgan fingerprint density at radius 1 is 1.35 bits per heavy atom. The van der Waals surface area contributed by atoms with E-state index in [9.17, 15) is 4.79 Å². The van der Waals surface area contributed by atoms with E-state index < -0.39 is 0 Å². The molecule has 100 valence electrons. The van der Waals surface area contributed by atoms with Crippen molar-refractivity contribution in [2.75, 3.05) is 32.8 Å². The highest BCUT2D eigenvalue weighted by Gasteiger charge is 2.38. The topological polar surface area (TPSA) is 72.8 Å². The number of aliphatic hydroxyl groups is 2. The Morgan fingerprint density at radius 2 is 1.94 bits per heavy atom. The van der Waals surface area contributed by atoms with Crippen LogP contribution >= 0.6 is 0 Å². The van der Waals surface area contributed by atoms with Crippen molar-refractivity contribution in [3.05, 3.63) is 0 Å². The molecule has 0 aromatic heterocycles. The Labute approximate surface area is 103 Å². The normalized spacial score (nSPS) is 23.4. The minimum atomic E-state index is -0.214. The maximum Gasteiger partial charge on any atom is 0.240 e. The molecule has 17 heavy (non-hydrogen) atoms. The number of carbonyl (C=O) groups excluding carboxylic acids is 1. The first-order valence-electron chi connectivity index (χ1n) is 6.27. The number of piperidine rings is 1. The first-order chi connectivity index (χ1) is 8.03. The smallest absolute Gasteiger partial charge is 0.240 e. The standard InChI is InChI=1S/C12H24N2O3/c1-12(2)4-3-5-13-10(12)11(17)14(6-8-15)7-9-16/h10,13,15-16H,3-9H2,1-2H3. The number of nitrogens with one attached hydrogen (secondary N) is 1. The summed E-state index contributed by atoms with van der Waals surface area (Å²) in [5.74, 6) is -0.0159. The second-order valence-electron chi connectivity index (χ2n) is 5.25. The van der Waals surface area contributed by atoms with Gasteiger partial charge in [0.2, 0.25) is 5.91 Å². The molecule has 1 saturated heterocycles. The lowest BCUT2D eigenvalue weighted by atomic mass is 9.77. The maximum atomic E-state index is 12.3. The van der Waals surface area contributed by atoms with Crippen LogP contribution < -0.4 is 5.32 Å². The summed E-state index contributed by atoms with van der Waals surface area (Å²) < 4.78 is 0. The predicted molar refractivity (Wildman–Crippen MR) is 65.6 cm³/mol. The lowest BCUT2D eigenvalue weighted by Crippen LogP contribution is -2.57. The van der Waals surface area contributed by atoms with Gasteiger partial charge in [-0.3, -0.25) is 4.79 Å². The van der Waals surface area contributed by atoms with Crippen LogP contribution in [0.4, 0.5) is 0 Å². The summed E-state index contributed by atoms with van der Waals surface area (Å²) in [4.78, 5) is 13.9. The highest BCUT2D eigenvalue weighted by atomic mass is 16.3. The van der Waals surface area contributed by atoms with Gasteiger partial charge in [0.25, 0.3) is 0 Å². The van der Waals surface area contributed by atoms with Crippen LogP contribution in [-0.2, 0) is 4.79 Å². The van der Waals surface area contributed by atoms with Crippen molar-refractivity contribution in [1.82, 2.24) is 10.2 Å². The molecule has 0 saturated carbocycles. The molecule has 0 aromatic rings. The summed E-state index contributed by atoms with van der Waals surface area (Å²) in [7, 11) is 0. The Bertz CT molecular complexity index is 250. The third-order valence-corrected chi connectivity index (χ3v) is 3.43. The van der Waals surface area contributed by atoms with E-state index >= 15 is 0 Å². The first kappa shape index (κ1) is 14.4. The van der Waals surface area contributed by atoms with E-state index in [4.69, 9.17) is 10.2 Å². The summed E-state index contributed by atoms with van der Waals surface area (Å²) in [6, 6.07) is -0.214. The van der Waals surface area contributed by atoms with Crippen LogP contribution in [0, 0.1) is 5.41 Å². The molecule has 1 rings (SSSR count). The summed E-state index contributed by atoms with van der Waals surface area (Å²) in [6.45, 7) is 5.45. The summed E-state index contributed by atoms with van der Waals surface area (Å²) in [6.07, 6.45) is 2.10. The van der Waals surface area contributed by atoms with Crippen LogP contribution in [0.1, 0.15) is 26.7 Å². The molecule has 0 bridgehead atoms. The number of aliphatic hydroxyl groups excluding tert-OH is 2. The number of hydrogen-bond donors (Lipinski definition) is 3. The molecular weight excluding hydrogens is 220 g/mol. The van der Waals surface area contributed by atoms with Gasteiger partial charge in [-0.25, -0.2) is 0 Å². The number of hydrogen-bond acceptors (Lipinski definition) is 4. The number of rotatable bonds is 5. The second-order valence-corrected chi connectivity index (χ2v) is 5.25. The number of nitrogens with zero attached hydrogens (tertiary/aromatic N) is 1. The Morgan fingerprint density at radius 3 is 2.41 bits per heavy atom. The van der Waals surface area contributed by atoms with Crippen LogP contribution in [0.2, 0.25) is 0 Å². The maximum absolute atomic E-state index is 12.3. The SMILES string of the molecule is CC1(C)CCCNC1C(=O)N(CCO)CCO. The van der Waals surface area contributed by atoms with Crippen LogP contribution in [-0.4, -0.2) is 59.9 Å². The molecule has 0 aromatic carbocycles. The molecule has 1 aliphatic heterocycles. The van der Waals surface area contributed by atoms with Gasteiger partial charge in [-0.1, -0.05) is 13.8 Å². The van der Waals surface area contributed by atoms with Crippen LogP contribution in [0.3, 0.4) is 0 Å². The van der Waals surface area contributed by atoms with Gasteiger partial charge in [0, 0.05) is 13.1 Å². The van der Waals surface area contributed by atoms with Gasteiger partial charge in [-0.15, -0.1) is 0 Å². The molecule has 3 N–H and O–H groups in total. The van der Waals surface area contributed by atoms with Gasteiger partial charge in [0.1, 0.15) is 0 Å². The lowest BCUT2D eigenvalue weighted by molar-refractivity contribution is -0.138. The molecule has 1 unspecified atom stereocenters. The van der Waals surface area contributed by atoms with Crippen molar-refractivity contribution in [2.45, 2.75) is 32.7 Å². The zero-order chi connectivity index (χ0) is 12.9. The lowest BCUT2D eigenvalue weighted by Gasteiger charge is -2.40. The Hall–Kier alpha value is -0.650. The molecule has 5 heteroatoms. The summed E-state index contributed by atoms with van der Waals surface area (Å²) in [5.41, 5.74) is -0.0709. The minimum absolute atomic E-state index is 0.0159. The Kier molecular flexibility index (Phi) is 5.36. The van der Waals surface area contributed by atoms with Crippen molar-refractivity contribution < 1.29 is 15.0 Å². The monoisotopic (exact) mass is 244 g/mol. The average Bonchev–Trinajstić information content (AvgIpc) is 2.27. The van der Waals surface area contributed by atoms with Crippen molar-refractivity contribution in [3.63, 3.8) is 0 Å². The van der Waals surface area contributed by atoms with Crippen LogP contribution in [0.25, 0.3) is 0 Å². The highest BCUT2D eigenvalue weighted by Crippen LogP contribution is 2.31. The van der Waals surface area contributed by atoms with E-state index in [-0.39, 0.29) is 43.7 Å². The zero-order valence-corrected chi connectivity index (χ0v) is 10.8. The van der Waals surface area contributed by atoms with Gasteiger partial charge in [-0.2, -0.15) is 0 Å². The van der Waals surface area contributed by atoms with Crippen LogP contribution in [0.15, 0.2) is 0 Å². The molecule has 0 spiro atoms. The molecule has 1 fully saturated rings. The number of amides is 1. The molecular formula is C12H24N2O3. The molecule has 1 aliphatic rings. The molecule has 1 atom stereocenters. The molecule has 0 radical (unpaired) electrons. The van der Waals surface area contributed by atoms with E-state index in [0.29, 0.717) is 0 Å². The Balaban J connectivity index is 2.70. The minimum Gasteiger partial charge on any atom is -0.395 e. The molecule has 5 nitrogen and oxygen atoms in total. The van der Waals surface area contributed by atoms with Gasteiger partial charge in [-0.05, 0) is 24.8 Å². The molecule has 0 aliphatic carbocycles. The van der Waals surface area contributed by atoms with Crippen molar-refractivity contribution in [2.24, 2.45) is 5.41 Å². The average molecular weight is 244 g/mol. The summed E-state index contributed by atoms with van der Waals surface area (Å²) >= 11 is 0.